The van der Waals surface area contributed by atoms with Crippen molar-refractivity contribution in [1.82, 2.24) is 24.9 Å². The van der Waals surface area contributed by atoms with Gasteiger partial charge in [0.2, 0.25) is 0 Å². The molecule has 0 spiro atoms. The number of nitrogens with zero attached hydrogens (tertiary/aromatic N) is 5. The van der Waals surface area contributed by atoms with Gasteiger partial charge in [-0.05, 0) is 47.0 Å². The molecular weight excluding hydrogens is 514 g/mol. The summed E-state index contributed by atoms with van der Waals surface area (Å²) < 4.78 is 0. The van der Waals surface area contributed by atoms with Gasteiger partial charge in [-0.2, -0.15) is 0 Å². The van der Waals surface area contributed by atoms with Gasteiger partial charge < -0.3 is 0 Å². The zero-order valence-electron chi connectivity index (χ0n) is 22.7. The van der Waals surface area contributed by atoms with Gasteiger partial charge in [0, 0.05) is 34.6 Å². The molecule has 5 heteroatoms. The highest BCUT2D eigenvalue weighted by Gasteiger charge is 2.13. The molecule has 42 heavy (non-hydrogen) atoms. The Hall–Kier alpha value is -5.81. The lowest BCUT2D eigenvalue weighted by Gasteiger charge is -2.10. The lowest BCUT2D eigenvalue weighted by atomic mass is 9.98. The van der Waals surface area contributed by atoms with Gasteiger partial charge in [0.25, 0.3) is 0 Å². The van der Waals surface area contributed by atoms with Crippen molar-refractivity contribution >= 4 is 0 Å². The van der Waals surface area contributed by atoms with E-state index < -0.39 is 0 Å². The monoisotopic (exact) mass is 539 g/mol. The minimum absolute atomic E-state index is 0.634. The van der Waals surface area contributed by atoms with Crippen molar-refractivity contribution in [3.05, 3.63) is 152 Å². The smallest absolute Gasteiger partial charge is 0.164 e. The number of pyridine rings is 2. The molecule has 7 aromatic rings. The Morgan fingerprint density at radius 1 is 0.310 bits per heavy atom. The van der Waals surface area contributed by atoms with Crippen LogP contribution >= 0.6 is 0 Å². The van der Waals surface area contributed by atoms with E-state index in [1.54, 1.807) is 6.20 Å². The third-order valence-electron chi connectivity index (χ3n) is 7.04. The number of benzene rings is 4. The zero-order valence-corrected chi connectivity index (χ0v) is 22.7. The van der Waals surface area contributed by atoms with Crippen LogP contribution < -0.4 is 0 Å². The van der Waals surface area contributed by atoms with E-state index in [0.29, 0.717) is 17.5 Å². The number of aromatic nitrogens is 5. The van der Waals surface area contributed by atoms with E-state index in [4.69, 9.17) is 15.0 Å². The van der Waals surface area contributed by atoms with E-state index in [1.807, 2.05) is 97.2 Å². The molecule has 0 aliphatic carbocycles. The highest BCUT2D eigenvalue weighted by atomic mass is 15.0. The first-order valence-corrected chi connectivity index (χ1v) is 13.8. The van der Waals surface area contributed by atoms with Gasteiger partial charge in [0.1, 0.15) is 0 Å². The van der Waals surface area contributed by atoms with E-state index in [-0.39, 0.29) is 0 Å². The predicted molar refractivity (Wildman–Crippen MR) is 168 cm³/mol. The first kappa shape index (κ1) is 25.2. The SMILES string of the molecule is c1ccc(-c2nc(-c3ccccc3)nc(-c3cccc(-c4cccc(-c5ccc(-c6ccccn6)nc5)c4)c3)n2)cc1. The van der Waals surface area contributed by atoms with Crippen LogP contribution in [0, 0.1) is 0 Å². The van der Waals surface area contributed by atoms with Crippen molar-refractivity contribution in [1.29, 1.82) is 0 Å². The van der Waals surface area contributed by atoms with E-state index in [2.05, 4.69) is 58.5 Å². The summed E-state index contributed by atoms with van der Waals surface area (Å²) in [7, 11) is 0. The van der Waals surface area contributed by atoms with Crippen molar-refractivity contribution in [3.8, 4) is 67.8 Å². The predicted octanol–water partition coefficient (Wildman–Crippen LogP) is 8.66. The van der Waals surface area contributed by atoms with E-state index in [9.17, 15) is 0 Å². The molecule has 4 aromatic carbocycles. The topological polar surface area (TPSA) is 64.5 Å². The summed E-state index contributed by atoms with van der Waals surface area (Å²) in [5.74, 6) is 1.93. The summed E-state index contributed by atoms with van der Waals surface area (Å²) in [4.78, 5) is 23.7. The second kappa shape index (κ2) is 11.4. The van der Waals surface area contributed by atoms with Gasteiger partial charge in [-0.3, -0.25) is 9.97 Å². The molecule has 0 aliphatic heterocycles. The van der Waals surface area contributed by atoms with Gasteiger partial charge in [-0.15, -0.1) is 0 Å². The average Bonchev–Trinajstić information content (AvgIpc) is 3.09. The summed E-state index contributed by atoms with van der Waals surface area (Å²) in [5.41, 5.74) is 8.86. The molecule has 0 atom stereocenters. The minimum atomic E-state index is 0.634. The summed E-state index contributed by atoms with van der Waals surface area (Å²) in [5, 5.41) is 0. The maximum Gasteiger partial charge on any atom is 0.164 e. The largest absolute Gasteiger partial charge is 0.255 e. The molecule has 0 fully saturated rings. The highest BCUT2D eigenvalue weighted by molar-refractivity contribution is 5.76. The van der Waals surface area contributed by atoms with Gasteiger partial charge >= 0.3 is 0 Å². The van der Waals surface area contributed by atoms with Crippen molar-refractivity contribution in [3.63, 3.8) is 0 Å². The lowest BCUT2D eigenvalue weighted by molar-refractivity contribution is 1.07. The maximum absolute atomic E-state index is 4.90. The molecule has 0 amide bonds. The molecular formula is C37H25N5. The van der Waals surface area contributed by atoms with Crippen molar-refractivity contribution in [2.24, 2.45) is 0 Å². The van der Waals surface area contributed by atoms with Crippen LogP contribution in [0.15, 0.2) is 152 Å². The van der Waals surface area contributed by atoms with Crippen LogP contribution in [0.2, 0.25) is 0 Å². The molecule has 7 rings (SSSR count). The molecule has 198 valence electrons. The molecule has 0 aliphatic rings. The summed E-state index contributed by atoms with van der Waals surface area (Å²) >= 11 is 0. The molecule has 0 unspecified atom stereocenters. The summed E-state index contributed by atoms with van der Waals surface area (Å²) in [6.45, 7) is 0. The Bertz CT molecular complexity index is 1900. The molecule has 3 heterocycles. The Morgan fingerprint density at radius 3 is 1.33 bits per heavy atom. The first-order valence-electron chi connectivity index (χ1n) is 13.8. The second-order valence-electron chi connectivity index (χ2n) is 9.85. The second-order valence-corrected chi connectivity index (χ2v) is 9.85. The lowest BCUT2D eigenvalue weighted by Crippen LogP contribution is -2.00. The van der Waals surface area contributed by atoms with Crippen LogP contribution in [0.5, 0.6) is 0 Å². The molecule has 5 nitrogen and oxygen atoms in total. The molecule has 0 saturated heterocycles. The Kier molecular flexibility index (Phi) is 6.81. The van der Waals surface area contributed by atoms with Gasteiger partial charge in [0.15, 0.2) is 17.5 Å². The van der Waals surface area contributed by atoms with Crippen LogP contribution in [-0.2, 0) is 0 Å². The van der Waals surface area contributed by atoms with Gasteiger partial charge in [0.05, 0.1) is 11.4 Å². The fourth-order valence-corrected chi connectivity index (χ4v) is 4.88. The number of hydrogen-bond acceptors (Lipinski definition) is 5. The fraction of sp³-hybridized carbons (Fsp3) is 0. The van der Waals surface area contributed by atoms with E-state index in [0.717, 1.165) is 50.3 Å². The first-order chi connectivity index (χ1) is 20.8. The molecule has 3 aromatic heterocycles. The number of rotatable bonds is 6. The average molecular weight is 540 g/mol. The van der Waals surface area contributed by atoms with Crippen LogP contribution in [0.1, 0.15) is 0 Å². The van der Waals surface area contributed by atoms with Gasteiger partial charge in [-0.25, -0.2) is 15.0 Å². The fourth-order valence-electron chi connectivity index (χ4n) is 4.88. The molecule has 0 saturated carbocycles. The molecule has 0 N–H and O–H groups in total. The third kappa shape index (κ3) is 5.31. The van der Waals surface area contributed by atoms with Crippen LogP contribution in [0.25, 0.3) is 67.8 Å². The Labute approximate surface area is 244 Å². The van der Waals surface area contributed by atoms with Gasteiger partial charge in [-0.1, -0.05) is 109 Å². The Balaban J connectivity index is 1.25. The van der Waals surface area contributed by atoms with Crippen molar-refractivity contribution < 1.29 is 0 Å². The van der Waals surface area contributed by atoms with Crippen molar-refractivity contribution in [2.45, 2.75) is 0 Å². The summed E-state index contributed by atoms with van der Waals surface area (Å²) in [6, 6.07) is 46.8. The van der Waals surface area contributed by atoms with Crippen molar-refractivity contribution in [2.75, 3.05) is 0 Å². The van der Waals surface area contributed by atoms with Crippen LogP contribution in [-0.4, -0.2) is 24.9 Å². The maximum atomic E-state index is 4.90. The highest BCUT2D eigenvalue weighted by Crippen LogP contribution is 2.30. The standard InChI is InChI=1S/C37H25N5/c1-3-11-26(12-4-1)35-40-36(27-13-5-2-6-14-27)42-37(41-35)31-18-10-16-29(24-31)28-15-9-17-30(23-28)32-20-21-34(39-25-32)33-19-7-8-22-38-33/h1-25H. The normalized spacial score (nSPS) is 10.9. The third-order valence-corrected chi connectivity index (χ3v) is 7.04. The number of hydrogen-bond donors (Lipinski definition) is 0. The minimum Gasteiger partial charge on any atom is -0.255 e. The molecule has 0 radical (unpaired) electrons. The summed E-state index contributed by atoms with van der Waals surface area (Å²) in [6.07, 6.45) is 3.69. The molecule has 0 bridgehead atoms. The zero-order chi connectivity index (χ0) is 28.1. The Morgan fingerprint density at radius 2 is 0.786 bits per heavy atom. The van der Waals surface area contributed by atoms with E-state index >= 15 is 0 Å². The quantitative estimate of drug-likeness (QED) is 0.212. The van der Waals surface area contributed by atoms with Crippen LogP contribution in [0.4, 0.5) is 0 Å². The van der Waals surface area contributed by atoms with Crippen LogP contribution in [0.3, 0.4) is 0 Å². The van der Waals surface area contributed by atoms with E-state index in [1.165, 1.54) is 0 Å².